The number of carbonyl (C=O) groups is 2. The number of hydrogen-bond acceptors (Lipinski definition) is 3. The van der Waals surface area contributed by atoms with E-state index in [-0.39, 0.29) is 17.8 Å². The molecule has 1 heterocycles. The Hall–Kier alpha value is -1.30. The Balaban J connectivity index is 2.03. The smallest absolute Gasteiger partial charge is 0.265 e. The van der Waals surface area contributed by atoms with Crippen LogP contribution >= 0.6 is 34.8 Å². The first-order chi connectivity index (χ1) is 12.0. The molecule has 2 aliphatic rings. The van der Waals surface area contributed by atoms with Crippen LogP contribution in [0.3, 0.4) is 0 Å². The van der Waals surface area contributed by atoms with Crippen LogP contribution in [-0.4, -0.2) is 40.1 Å². The second-order valence-electron chi connectivity index (χ2n) is 6.08. The predicted octanol–water partition coefficient (Wildman–Crippen LogP) is 4.64. The highest BCUT2D eigenvalue weighted by atomic mass is 35.5. The van der Waals surface area contributed by atoms with Gasteiger partial charge in [-0.2, -0.15) is 0 Å². The number of urea groups is 1. The number of rotatable bonds is 4. The summed E-state index contributed by atoms with van der Waals surface area (Å²) in [6, 6.07) is 6.30. The molecule has 3 amide bonds. The van der Waals surface area contributed by atoms with E-state index in [9.17, 15) is 9.59 Å². The third kappa shape index (κ3) is 3.64. The van der Waals surface area contributed by atoms with Crippen LogP contribution in [0.25, 0.3) is 0 Å². The van der Waals surface area contributed by atoms with Crippen molar-refractivity contribution in [2.24, 2.45) is 4.99 Å². The van der Waals surface area contributed by atoms with Gasteiger partial charge in [0.25, 0.3) is 5.91 Å². The summed E-state index contributed by atoms with van der Waals surface area (Å²) in [6.07, 6.45) is 4.74. The van der Waals surface area contributed by atoms with Crippen LogP contribution in [0.2, 0.25) is 5.02 Å². The summed E-state index contributed by atoms with van der Waals surface area (Å²) in [6.45, 7) is 0. The standard InChI is InChI=1S/C17H18Cl3N3O2/c18-10-14(20)21-15-16(24)22(11-6-2-1-3-7-11)17(25)23(15)13-9-5-4-8-12(13)19/h4-5,8-9,11,14H,1-3,6-7,10H2/b21-15+. The largest absolute Gasteiger partial charge is 0.337 e. The van der Waals surface area contributed by atoms with Crippen LogP contribution in [0.5, 0.6) is 0 Å². The summed E-state index contributed by atoms with van der Waals surface area (Å²) in [7, 11) is 0. The van der Waals surface area contributed by atoms with E-state index >= 15 is 0 Å². The lowest BCUT2D eigenvalue weighted by Gasteiger charge is -2.28. The van der Waals surface area contributed by atoms with Crippen molar-refractivity contribution in [3.8, 4) is 0 Å². The van der Waals surface area contributed by atoms with Crippen molar-refractivity contribution in [2.45, 2.75) is 43.6 Å². The Labute approximate surface area is 161 Å². The molecule has 0 radical (unpaired) electrons. The van der Waals surface area contributed by atoms with Crippen LogP contribution in [0.15, 0.2) is 29.3 Å². The van der Waals surface area contributed by atoms with Crippen molar-refractivity contribution in [3.05, 3.63) is 29.3 Å². The van der Waals surface area contributed by atoms with Gasteiger partial charge in [-0.3, -0.25) is 9.69 Å². The summed E-state index contributed by atoms with van der Waals surface area (Å²) in [5.41, 5.74) is -0.386. The van der Waals surface area contributed by atoms with Gasteiger partial charge < -0.3 is 0 Å². The van der Waals surface area contributed by atoms with Crippen LogP contribution in [0.4, 0.5) is 10.5 Å². The number of nitrogens with zero attached hydrogens (tertiary/aromatic N) is 3. The summed E-state index contributed by atoms with van der Waals surface area (Å²) in [5, 5.41) is 0.360. The highest BCUT2D eigenvalue weighted by Gasteiger charge is 2.47. The van der Waals surface area contributed by atoms with Gasteiger partial charge in [0.2, 0.25) is 5.84 Å². The van der Waals surface area contributed by atoms with Gasteiger partial charge in [0, 0.05) is 6.04 Å². The van der Waals surface area contributed by atoms with Crippen LogP contribution in [0, 0.1) is 0 Å². The van der Waals surface area contributed by atoms with E-state index in [4.69, 9.17) is 34.8 Å². The van der Waals surface area contributed by atoms with Gasteiger partial charge in [-0.05, 0) is 25.0 Å². The maximum atomic E-state index is 13.1. The summed E-state index contributed by atoms with van der Waals surface area (Å²) in [5.74, 6) is -0.427. The molecular weight excluding hydrogens is 385 g/mol. The molecule has 1 unspecified atom stereocenters. The molecule has 1 saturated carbocycles. The minimum Gasteiger partial charge on any atom is -0.265 e. The molecular formula is C17H18Cl3N3O2. The third-order valence-corrected chi connectivity index (χ3v) is 5.46. The molecule has 8 heteroatoms. The van der Waals surface area contributed by atoms with E-state index < -0.39 is 17.4 Å². The summed E-state index contributed by atoms with van der Waals surface area (Å²) in [4.78, 5) is 32.7. The van der Waals surface area contributed by atoms with Crippen LogP contribution < -0.4 is 4.90 Å². The van der Waals surface area contributed by atoms with Gasteiger partial charge in [-0.15, -0.1) is 11.6 Å². The molecule has 0 spiro atoms. The number of benzene rings is 1. The predicted molar refractivity (Wildman–Crippen MR) is 101 cm³/mol. The number of imide groups is 1. The molecule has 0 aromatic heterocycles. The molecule has 1 saturated heterocycles. The maximum Gasteiger partial charge on any atom is 0.337 e. The molecule has 25 heavy (non-hydrogen) atoms. The normalized spacial score (nSPS) is 22.1. The van der Waals surface area contributed by atoms with E-state index in [1.165, 1.54) is 9.80 Å². The molecule has 1 atom stereocenters. The average Bonchev–Trinajstić information content (AvgIpc) is 2.86. The minimum atomic E-state index is -0.801. The first-order valence-electron chi connectivity index (χ1n) is 8.24. The fraction of sp³-hybridized carbons (Fsp3) is 0.471. The van der Waals surface area contributed by atoms with E-state index in [1.807, 2.05) is 0 Å². The van der Waals surface area contributed by atoms with Crippen molar-refractivity contribution in [3.63, 3.8) is 0 Å². The molecule has 3 rings (SSSR count). The number of para-hydroxylation sites is 1. The monoisotopic (exact) mass is 401 g/mol. The zero-order chi connectivity index (χ0) is 18.0. The lowest BCUT2D eigenvalue weighted by atomic mass is 9.94. The van der Waals surface area contributed by atoms with Crippen molar-refractivity contribution >= 4 is 58.3 Å². The molecule has 5 nitrogen and oxygen atoms in total. The van der Waals surface area contributed by atoms with Gasteiger partial charge in [-0.1, -0.05) is 54.6 Å². The first kappa shape index (κ1) is 18.5. The second-order valence-corrected chi connectivity index (χ2v) is 7.30. The molecule has 1 aliphatic carbocycles. The third-order valence-electron chi connectivity index (χ3n) is 4.44. The van der Waals surface area contributed by atoms with Crippen molar-refractivity contribution in [2.75, 3.05) is 10.8 Å². The maximum absolute atomic E-state index is 13.1. The van der Waals surface area contributed by atoms with Gasteiger partial charge in [0.15, 0.2) is 0 Å². The number of halogens is 3. The van der Waals surface area contributed by atoms with Crippen LogP contribution in [-0.2, 0) is 4.79 Å². The van der Waals surface area contributed by atoms with Gasteiger partial charge in [-0.25, -0.2) is 14.7 Å². The number of alkyl halides is 2. The average molecular weight is 403 g/mol. The Morgan fingerprint density at radius 3 is 2.48 bits per heavy atom. The SMILES string of the molecule is O=C1/C(=N\C(Cl)CCl)N(c2ccccc2Cl)C(=O)N1C1CCCCC1. The minimum absolute atomic E-state index is 0.0238. The number of carbonyl (C=O) groups excluding carboxylic acids is 2. The van der Waals surface area contributed by atoms with Crippen molar-refractivity contribution in [1.29, 1.82) is 0 Å². The molecule has 1 aliphatic heterocycles. The topological polar surface area (TPSA) is 53.0 Å². The molecule has 1 aromatic rings. The zero-order valence-corrected chi connectivity index (χ0v) is 15.8. The first-order valence-corrected chi connectivity index (χ1v) is 9.59. The lowest BCUT2D eigenvalue weighted by Crippen LogP contribution is -2.42. The van der Waals surface area contributed by atoms with E-state index in [2.05, 4.69) is 4.99 Å². The molecule has 0 N–H and O–H groups in total. The Bertz CT molecular complexity index is 704. The zero-order valence-electron chi connectivity index (χ0n) is 13.5. The number of anilines is 1. The van der Waals surface area contributed by atoms with Crippen LogP contribution in [0.1, 0.15) is 32.1 Å². The van der Waals surface area contributed by atoms with E-state index in [0.29, 0.717) is 10.7 Å². The molecule has 0 bridgehead atoms. The quantitative estimate of drug-likeness (QED) is 0.418. The van der Waals surface area contributed by atoms with Gasteiger partial charge >= 0.3 is 6.03 Å². The second kappa shape index (κ2) is 7.94. The summed E-state index contributed by atoms with van der Waals surface area (Å²) < 4.78 is 0. The van der Waals surface area contributed by atoms with Crippen molar-refractivity contribution < 1.29 is 9.59 Å². The number of aliphatic imine (C=N–C) groups is 1. The fourth-order valence-corrected chi connectivity index (χ4v) is 3.66. The Morgan fingerprint density at radius 1 is 1.16 bits per heavy atom. The lowest BCUT2D eigenvalue weighted by molar-refractivity contribution is -0.122. The molecule has 134 valence electrons. The van der Waals surface area contributed by atoms with E-state index in [1.54, 1.807) is 24.3 Å². The summed E-state index contributed by atoms with van der Waals surface area (Å²) >= 11 is 18.0. The number of amidine groups is 1. The Kier molecular flexibility index (Phi) is 5.87. The van der Waals surface area contributed by atoms with E-state index in [0.717, 1.165) is 32.1 Å². The highest BCUT2D eigenvalue weighted by Crippen LogP contribution is 2.33. The Morgan fingerprint density at radius 2 is 1.84 bits per heavy atom. The highest BCUT2D eigenvalue weighted by molar-refractivity contribution is 6.56. The van der Waals surface area contributed by atoms with Gasteiger partial charge in [0.05, 0.1) is 16.6 Å². The number of hydrogen-bond donors (Lipinski definition) is 0. The number of amides is 3. The van der Waals surface area contributed by atoms with Gasteiger partial charge in [0.1, 0.15) is 5.50 Å². The van der Waals surface area contributed by atoms with Crippen molar-refractivity contribution in [1.82, 2.24) is 4.90 Å². The molecule has 1 aromatic carbocycles. The fourth-order valence-electron chi connectivity index (χ4n) is 3.28. The molecule has 2 fully saturated rings.